The van der Waals surface area contributed by atoms with E-state index in [0.717, 1.165) is 12.2 Å². The summed E-state index contributed by atoms with van der Waals surface area (Å²) in [4.78, 5) is 13.6. The maximum absolute atomic E-state index is 11.3. The number of rotatable bonds is 4. The first-order valence-corrected chi connectivity index (χ1v) is 5.80. The maximum atomic E-state index is 11.3. The van der Waals surface area contributed by atoms with E-state index in [1.165, 1.54) is 12.8 Å². The fourth-order valence-corrected chi connectivity index (χ4v) is 2.09. The normalized spacial score (nSPS) is 14.9. The Hall–Kier alpha value is -1.51. The van der Waals surface area contributed by atoms with Crippen LogP contribution < -0.4 is 10.6 Å². The minimum Gasteiger partial charge on any atom is -0.398 e. The number of Topliss-reactive ketones (excluding diaryl/α,β-unsaturated/α-hetero) is 1. The van der Waals surface area contributed by atoms with Crippen molar-refractivity contribution in [2.24, 2.45) is 0 Å². The predicted molar refractivity (Wildman–Crippen MR) is 66.9 cm³/mol. The summed E-state index contributed by atoms with van der Waals surface area (Å²) in [6.45, 7) is 4.68. The van der Waals surface area contributed by atoms with E-state index in [1.807, 2.05) is 18.2 Å². The molecule has 0 aromatic heterocycles. The number of ketones is 1. The third kappa shape index (κ3) is 2.03. The second-order valence-corrected chi connectivity index (χ2v) is 4.34. The summed E-state index contributed by atoms with van der Waals surface area (Å²) in [6.07, 6.45) is 2.53. The van der Waals surface area contributed by atoms with Crippen molar-refractivity contribution in [2.45, 2.75) is 32.7 Å². The molecule has 0 radical (unpaired) electrons. The van der Waals surface area contributed by atoms with E-state index < -0.39 is 0 Å². The van der Waals surface area contributed by atoms with Crippen LogP contribution >= 0.6 is 0 Å². The Morgan fingerprint density at radius 3 is 2.62 bits per heavy atom. The van der Waals surface area contributed by atoms with Gasteiger partial charge in [-0.15, -0.1) is 0 Å². The third-order valence-corrected chi connectivity index (χ3v) is 3.07. The Balaban J connectivity index is 2.28. The molecule has 2 N–H and O–H groups in total. The minimum absolute atomic E-state index is 0.0264. The van der Waals surface area contributed by atoms with Gasteiger partial charge in [-0.2, -0.15) is 0 Å². The largest absolute Gasteiger partial charge is 0.398 e. The summed E-state index contributed by atoms with van der Waals surface area (Å²) in [7, 11) is 0. The molecule has 0 unspecified atom stereocenters. The van der Waals surface area contributed by atoms with Crippen LogP contribution in [0.5, 0.6) is 0 Å². The quantitative estimate of drug-likeness (QED) is 0.623. The predicted octanol–water partition coefficient (Wildman–Crippen LogP) is 2.46. The first-order chi connectivity index (χ1) is 7.63. The third-order valence-electron chi connectivity index (χ3n) is 3.07. The van der Waals surface area contributed by atoms with Gasteiger partial charge in [0.25, 0.3) is 0 Å². The standard InChI is InChI=1S/C13H18N2O/c1-3-15(10-4-5-10)11-6-7-12(9(2)16)13(14)8-11/h6-8,10H,3-5,14H2,1-2H3. The van der Waals surface area contributed by atoms with Gasteiger partial charge in [0, 0.05) is 29.5 Å². The monoisotopic (exact) mass is 218 g/mol. The van der Waals surface area contributed by atoms with Crippen molar-refractivity contribution in [1.29, 1.82) is 0 Å². The molecule has 3 heteroatoms. The number of benzene rings is 1. The molecule has 0 amide bonds. The molecule has 1 aromatic carbocycles. The molecule has 0 bridgehead atoms. The highest BCUT2D eigenvalue weighted by Gasteiger charge is 2.28. The first-order valence-electron chi connectivity index (χ1n) is 5.80. The van der Waals surface area contributed by atoms with Gasteiger partial charge in [0.1, 0.15) is 0 Å². The smallest absolute Gasteiger partial charge is 0.161 e. The molecule has 86 valence electrons. The number of anilines is 2. The van der Waals surface area contributed by atoms with Crippen molar-refractivity contribution < 1.29 is 4.79 Å². The van der Waals surface area contributed by atoms with Gasteiger partial charge >= 0.3 is 0 Å². The molecule has 16 heavy (non-hydrogen) atoms. The minimum atomic E-state index is 0.0264. The van der Waals surface area contributed by atoms with Crippen molar-refractivity contribution >= 4 is 17.2 Å². The molecule has 0 heterocycles. The highest BCUT2D eigenvalue weighted by atomic mass is 16.1. The molecular formula is C13H18N2O. The summed E-state index contributed by atoms with van der Waals surface area (Å²) < 4.78 is 0. The summed E-state index contributed by atoms with van der Waals surface area (Å²) >= 11 is 0. The average molecular weight is 218 g/mol. The summed E-state index contributed by atoms with van der Waals surface area (Å²) in [5.41, 5.74) is 8.23. The number of nitrogens with zero attached hydrogens (tertiary/aromatic N) is 1. The zero-order valence-corrected chi connectivity index (χ0v) is 9.86. The second kappa shape index (κ2) is 4.16. The van der Waals surface area contributed by atoms with E-state index >= 15 is 0 Å². The molecule has 1 fully saturated rings. The topological polar surface area (TPSA) is 46.3 Å². The maximum Gasteiger partial charge on any atom is 0.161 e. The Morgan fingerprint density at radius 1 is 1.50 bits per heavy atom. The van der Waals surface area contributed by atoms with E-state index in [-0.39, 0.29) is 5.78 Å². The zero-order chi connectivity index (χ0) is 11.7. The van der Waals surface area contributed by atoms with Crippen molar-refractivity contribution in [2.75, 3.05) is 17.2 Å². The SMILES string of the molecule is CCN(c1ccc(C(C)=O)c(N)c1)C1CC1. The van der Waals surface area contributed by atoms with E-state index in [9.17, 15) is 4.79 Å². The van der Waals surface area contributed by atoms with Crippen LogP contribution in [0.4, 0.5) is 11.4 Å². The van der Waals surface area contributed by atoms with Crippen molar-refractivity contribution in [3.63, 3.8) is 0 Å². The lowest BCUT2D eigenvalue weighted by molar-refractivity contribution is 0.101. The molecule has 1 aliphatic rings. The van der Waals surface area contributed by atoms with E-state index in [0.29, 0.717) is 17.3 Å². The average Bonchev–Trinajstić information content (AvgIpc) is 3.02. The fraction of sp³-hybridized carbons (Fsp3) is 0.462. The van der Waals surface area contributed by atoms with E-state index in [4.69, 9.17) is 5.73 Å². The number of carbonyl (C=O) groups excluding carboxylic acids is 1. The first kappa shape index (κ1) is 11.0. The Labute approximate surface area is 96.2 Å². The summed E-state index contributed by atoms with van der Waals surface area (Å²) in [5.74, 6) is 0.0264. The Kier molecular flexibility index (Phi) is 2.86. The number of nitrogens with two attached hydrogens (primary N) is 1. The van der Waals surface area contributed by atoms with Crippen LogP contribution in [0.2, 0.25) is 0 Å². The number of hydrogen-bond acceptors (Lipinski definition) is 3. The Bertz CT molecular complexity index is 410. The van der Waals surface area contributed by atoms with Crippen molar-refractivity contribution in [1.82, 2.24) is 0 Å². The lowest BCUT2D eigenvalue weighted by atomic mass is 10.1. The molecule has 1 aromatic rings. The van der Waals surface area contributed by atoms with Gasteiger partial charge in [0.05, 0.1) is 0 Å². The molecule has 0 saturated heterocycles. The van der Waals surface area contributed by atoms with Crippen LogP contribution in [0.25, 0.3) is 0 Å². The van der Waals surface area contributed by atoms with Crippen molar-refractivity contribution in [3.05, 3.63) is 23.8 Å². The van der Waals surface area contributed by atoms with Gasteiger partial charge in [0.2, 0.25) is 0 Å². The van der Waals surface area contributed by atoms with E-state index in [1.54, 1.807) is 6.92 Å². The van der Waals surface area contributed by atoms with E-state index in [2.05, 4.69) is 11.8 Å². The number of hydrogen-bond donors (Lipinski definition) is 1. The molecule has 1 saturated carbocycles. The highest BCUT2D eigenvalue weighted by molar-refractivity contribution is 5.99. The zero-order valence-electron chi connectivity index (χ0n) is 9.86. The number of carbonyl (C=O) groups is 1. The van der Waals surface area contributed by atoms with Crippen LogP contribution in [0.1, 0.15) is 37.0 Å². The molecule has 0 spiro atoms. The lowest BCUT2D eigenvalue weighted by Gasteiger charge is -2.23. The highest BCUT2D eigenvalue weighted by Crippen LogP contribution is 2.32. The second-order valence-electron chi connectivity index (χ2n) is 4.34. The van der Waals surface area contributed by atoms with Crippen molar-refractivity contribution in [3.8, 4) is 0 Å². The van der Waals surface area contributed by atoms with Gasteiger partial charge in [-0.3, -0.25) is 4.79 Å². The van der Waals surface area contributed by atoms with Gasteiger partial charge in [-0.05, 0) is 44.9 Å². The van der Waals surface area contributed by atoms with Gasteiger partial charge < -0.3 is 10.6 Å². The lowest BCUT2D eigenvalue weighted by Crippen LogP contribution is -2.25. The molecule has 0 aliphatic heterocycles. The van der Waals surface area contributed by atoms with Crippen LogP contribution in [0, 0.1) is 0 Å². The Morgan fingerprint density at radius 2 is 2.19 bits per heavy atom. The van der Waals surface area contributed by atoms with Crippen LogP contribution in [0.3, 0.4) is 0 Å². The van der Waals surface area contributed by atoms with Crippen LogP contribution in [-0.2, 0) is 0 Å². The molecule has 1 aliphatic carbocycles. The van der Waals surface area contributed by atoms with Gasteiger partial charge in [-0.1, -0.05) is 0 Å². The van der Waals surface area contributed by atoms with Gasteiger partial charge in [-0.25, -0.2) is 0 Å². The van der Waals surface area contributed by atoms with Crippen LogP contribution in [0.15, 0.2) is 18.2 Å². The summed E-state index contributed by atoms with van der Waals surface area (Å²) in [6, 6.07) is 6.42. The number of nitrogen functional groups attached to an aromatic ring is 1. The van der Waals surface area contributed by atoms with Crippen LogP contribution in [-0.4, -0.2) is 18.4 Å². The summed E-state index contributed by atoms with van der Waals surface area (Å²) in [5, 5.41) is 0. The van der Waals surface area contributed by atoms with Gasteiger partial charge in [0.15, 0.2) is 5.78 Å². The molecular weight excluding hydrogens is 200 g/mol. The molecule has 0 atom stereocenters. The molecule has 2 rings (SSSR count). The molecule has 3 nitrogen and oxygen atoms in total. The fourth-order valence-electron chi connectivity index (χ4n) is 2.09.